The van der Waals surface area contributed by atoms with Crippen molar-refractivity contribution in [3.05, 3.63) is 95.1 Å². The van der Waals surface area contributed by atoms with Crippen LogP contribution in [-0.2, 0) is 5.54 Å². The van der Waals surface area contributed by atoms with Crippen molar-refractivity contribution in [2.45, 2.75) is 33.2 Å². The van der Waals surface area contributed by atoms with Gasteiger partial charge >= 0.3 is 0 Å². The summed E-state index contributed by atoms with van der Waals surface area (Å²) in [4.78, 5) is 37.3. The van der Waals surface area contributed by atoms with Gasteiger partial charge < -0.3 is 24.8 Å². The summed E-state index contributed by atoms with van der Waals surface area (Å²) < 4.78 is 6.73. The van der Waals surface area contributed by atoms with Crippen LogP contribution in [0, 0.1) is 0 Å². The first-order valence-corrected chi connectivity index (χ1v) is 15.0. The lowest BCUT2D eigenvalue weighted by molar-refractivity contribution is 0.0660. The first kappa shape index (κ1) is 28.3. The molecule has 2 aliphatic rings. The maximum atomic E-state index is 14.3. The molecule has 4 aromatic rings. The number of aromatic amines is 1. The third-order valence-corrected chi connectivity index (χ3v) is 8.64. The summed E-state index contributed by atoms with van der Waals surface area (Å²) in [5.74, 6) is 1.09. The fourth-order valence-corrected chi connectivity index (χ4v) is 6.58. The number of fused-ring (bicyclic) bond motifs is 6. The number of benzene rings is 3. The van der Waals surface area contributed by atoms with E-state index in [0.717, 1.165) is 54.2 Å². The van der Waals surface area contributed by atoms with E-state index in [2.05, 4.69) is 94.4 Å². The van der Waals surface area contributed by atoms with Crippen LogP contribution in [-0.4, -0.2) is 71.2 Å². The van der Waals surface area contributed by atoms with Crippen LogP contribution < -0.4 is 19.9 Å². The van der Waals surface area contributed by atoms with Gasteiger partial charge in [-0.05, 0) is 51.5 Å². The van der Waals surface area contributed by atoms with Crippen LogP contribution in [0.2, 0.25) is 0 Å². The summed E-state index contributed by atoms with van der Waals surface area (Å²) in [7, 11) is 0. The standard InChI is InChI=1S/C33H37N7O3/c1-5-38(6-2)22-13-15-26-28(19-22)43-29-20-23(39(7-3)8-4)14-16-27(29)33(26)25-12-10-9-11-24(25)32(42)40(33)18-17-34-31(41)30-35-21-36-37-30/h9-16,19-21H,5-8,17-18H2,1-4H3,(H,34,41)(H,35,36,37). The first-order chi connectivity index (χ1) is 21.0. The lowest BCUT2D eigenvalue weighted by Crippen LogP contribution is -2.50. The lowest BCUT2D eigenvalue weighted by atomic mass is 9.74. The Labute approximate surface area is 251 Å². The van der Waals surface area contributed by atoms with Gasteiger partial charge in [0.05, 0.1) is 0 Å². The molecule has 2 aliphatic heterocycles. The van der Waals surface area contributed by atoms with E-state index in [-0.39, 0.29) is 30.7 Å². The van der Waals surface area contributed by atoms with Gasteiger partial charge in [0.25, 0.3) is 11.8 Å². The van der Waals surface area contributed by atoms with Crippen LogP contribution in [0.25, 0.3) is 0 Å². The third-order valence-electron chi connectivity index (χ3n) is 8.64. The molecule has 6 rings (SSSR count). The fraction of sp³-hybridized carbons (Fsp3) is 0.333. The number of amides is 2. The molecule has 0 unspecified atom stereocenters. The van der Waals surface area contributed by atoms with Crippen molar-refractivity contribution >= 4 is 23.2 Å². The molecule has 10 nitrogen and oxygen atoms in total. The zero-order valence-corrected chi connectivity index (χ0v) is 25.1. The zero-order valence-electron chi connectivity index (χ0n) is 25.1. The minimum atomic E-state index is -0.947. The molecule has 3 aromatic carbocycles. The van der Waals surface area contributed by atoms with E-state index in [1.807, 2.05) is 29.2 Å². The Bertz CT molecular complexity index is 1580. The molecule has 222 valence electrons. The van der Waals surface area contributed by atoms with E-state index in [9.17, 15) is 9.59 Å². The molecule has 2 N–H and O–H groups in total. The van der Waals surface area contributed by atoms with Crippen LogP contribution in [0.1, 0.15) is 65.4 Å². The summed E-state index contributed by atoms with van der Waals surface area (Å²) in [5, 5.41) is 9.25. The molecule has 0 aliphatic carbocycles. The van der Waals surface area contributed by atoms with Gasteiger partial charge in [-0.15, -0.1) is 0 Å². The van der Waals surface area contributed by atoms with Crippen molar-refractivity contribution in [2.24, 2.45) is 0 Å². The smallest absolute Gasteiger partial charge is 0.288 e. The van der Waals surface area contributed by atoms with Gasteiger partial charge in [-0.2, -0.15) is 5.10 Å². The highest BCUT2D eigenvalue weighted by molar-refractivity contribution is 6.02. The molecule has 1 spiro atoms. The number of carbonyl (C=O) groups is 2. The normalized spacial score (nSPS) is 14.1. The molecule has 1 aromatic heterocycles. The third kappa shape index (κ3) is 4.48. The highest BCUT2D eigenvalue weighted by Gasteiger charge is 2.56. The molecule has 0 bridgehead atoms. The second-order valence-corrected chi connectivity index (χ2v) is 10.6. The van der Waals surface area contributed by atoms with Crippen LogP contribution >= 0.6 is 0 Å². The van der Waals surface area contributed by atoms with Gasteiger partial charge in [-0.25, -0.2) is 4.98 Å². The van der Waals surface area contributed by atoms with Gasteiger partial charge in [0, 0.05) is 79.5 Å². The number of aromatic nitrogens is 3. The fourth-order valence-electron chi connectivity index (χ4n) is 6.58. The van der Waals surface area contributed by atoms with Crippen molar-refractivity contribution in [2.75, 3.05) is 49.1 Å². The van der Waals surface area contributed by atoms with Crippen molar-refractivity contribution < 1.29 is 14.3 Å². The SMILES string of the molecule is CCN(CC)c1ccc2c(c1)Oc1cc(N(CC)CC)ccc1C21c2ccccc2C(=O)N1CCNC(=O)c1ncn[nH]1. The summed E-state index contributed by atoms with van der Waals surface area (Å²) >= 11 is 0. The number of anilines is 2. The summed E-state index contributed by atoms with van der Waals surface area (Å²) in [6, 6.07) is 20.4. The molecule has 43 heavy (non-hydrogen) atoms. The Kier molecular flexibility index (Phi) is 7.52. The van der Waals surface area contributed by atoms with E-state index in [0.29, 0.717) is 17.1 Å². The Morgan fingerprint density at radius 3 is 2.05 bits per heavy atom. The van der Waals surface area contributed by atoms with Gasteiger partial charge in [0.2, 0.25) is 5.82 Å². The molecular formula is C33H37N7O3. The topological polar surface area (TPSA) is 107 Å². The average molecular weight is 580 g/mol. The summed E-state index contributed by atoms with van der Waals surface area (Å²) in [6.45, 7) is 12.5. The number of rotatable bonds is 10. The molecule has 0 atom stereocenters. The van der Waals surface area contributed by atoms with Gasteiger partial charge in [-0.3, -0.25) is 14.7 Å². The Hall–Kier alpha value is -4.86. The van der Waals surface area contributed by atoms with Gasteiger partial charge in [0.15, 0.2) is 0 Å². The molecule has 0 radical (unpaired) electrons. The maximum absolute atomic E-state index is 14.3. The number of hydrogen-bond donors (Lipinski definition) is 2. The number of nitrogens with one attached hydrogen (secondary N) is 2. The van der Waals surface area contributed by atoms with E-state index in [1.165, 1.54) is 6.33 Å². The molecule has 3 heterocycles. The Morgan fingerprint density at radius 2 is 1.49 bits per heavy atom. The van der Waals surface area contributed by atoms with E-state index in [1.54, 1.807) is 0 Å². The quantitative estimate of drug-likeness (QED) is 0.279. The second kappa shape index (κ2) is 11.4. The minimum absolute atomic E-state index is 0.0936. The predicted octanol–water partition coefficient (Wildman–Crippen LogP) is 4.78. The molecule has 10 heteroatoms. The largest absolute Gasteiger partial charge is 0.456 e. The Balaban J connectivity index is 1.53. The van der Waals surface area contributed by atoms with Crippen LogP contribution in [0.5, 0.6) is 11.5 Å². The lowest BCUT2D eigenvalue weighted by Gasteiger charge is -2.45. The highest BCUT2D eigenvalue weighted by atomic mass is 16.5. The van der Waals surface area contributed by atoms with E-state index < -0.39 is 5.54 Å². The number of H-pyrrole nitrogens is 1. The molecule has 0 fully saturated rings. The Morgan fingerprint density at radius 1 is 0.884 bits per heavy atom. The molecular weight excluding hydrogens is 542 g/mol. The summed E-state index contributed by atoms with van der Waals surface area (Å²) in [6.07, 6.45) is 1.29. The van der Waals surface area contributed by atoms with E-state index >= 15 is 0 Å². The van der Waals surface area contributed by atoms with Crippen molar-refractivity contribution in [3.8, 4) is 11.5 Å². The highest BCUT2D eigenvalue weighted by Crippen LogP contribution is 2.58. The first-order valence-electron chi connectivity index (χ1n) is 15.0. The van der Waals surface area contributed by atoms with Crippen LogP contribution in [0.15, 0.2) is 67.0 Å². The second-order valence-electron chi connectivity index (χ2n) is 10.6. The minimum Gasteiger partial charge on any atom is -0.456 e. The monoisotopic (exact) mass is 579 g/mol. The van der Waals surface area contributed by atoms with Crippen molar-refractivity contribution in [3.63, 3.8) is 0 Å². The van der Waals surface area contributed by atoms with Crippen molar-refractivity contribution in [1.82, 2.24) is 25.4 Å². The van der Waals surface area contributed by atoms with Gasteiger partial charge in [0.1, 0.15) is 23.4 Å². The van der Waals surface area contributed by atoms with Crippen LogP contribution in [0.3, 0.4) is 0 Å². The summed E-state index contributed by atoms with van der Waals surface area (Å²) in [5.41, 5.74) is 4.51. The van der Waals surface area contributed by atoms with E-state index in [4.69, 9.17) is 4.74 Å². The number of hydrogen-bond acceptors (Lipinski definition) is 7. The molecule has 2 amide bonds. The van der Waals surface area contributed by atoms with Crippen LogP contribution in [0.4, 0.5) is 11.4 Å². The molecule has 0 saturated carbocycles. The molecule has 0 saturated heterocycles. The maximum Gasteiger partial charge on any atom is 0.288 e. The average Bonchev–Trinajstić information content (AvgIpc) is 3.65. The zero-order chi connectivity index (χ0) is 30.1. The predicted molar refractivity (Wildman–Crippen MR) is 166 cm³/mol. The number of ether oxygens (including phenoxy) is 1. The number of nitrogens with zero attached hydrogens (tertiary/aromatic N) is 5. The number of carbonyl (C=O) groups excluding carboxylic acids is 2. The van der Waals surface area contributed by atoms with Gasteiger partial charge in [-0.1, -0.05) is 30.3 Å². The van der Waals surface area contributed by atoms with Crippen molar-refractivity contribution in [1.29, 1.82) is 0 Å².